The van der Waals surface area contributed by atoms with Crippen LogP contribution in [0.5, 0.6) is 0 Å². The van der Waals surface area contributed by atoms with E-state index in [4.69, 9.17) is 4.43 Å². The number of aromatic amines is 1. The molecule has 2 nitrogen and oxygen atoms in total. The molecule has 0 aliphatic heterocycles. The minimum Gasteiger partial charge on any atom is -0.417 e. The van der Waals surface area contributed by atoms with E-state index in [1.165, 1.54) is 22.0 Å². The Morgan fingerprint density at radius 2 is 1.94 bits per heavy atom. The lowest BCUT2D eigenvalue weighted by atomic mass is 10.1. The van der Waals surface area contributed by atoms with E-state index < -0.39 is 8.32 Å². The maximum atomic E-state index is 5.93. The summed E-state index contributed by atoms with van der Waals surface area (Å²) in [6.07, 6.45) is 4.21. The Hall–Kier alpha value is -1.06. The van der Waals surface area contributed by atoms with Gasteiger partial charge in [-0.1, -0.05) is 25.1 Å². The van der Waals surface area contributed by atoms with Gasteiger partial charge in [0.1, 0.15) is 0 Å². The van der Waals surface area contributed by atoms with E-state index in [-0.39, 0.29) is 0 Å². The molecule has 18 heavy (non-hydrogen) atoms. The van der Waals surface area contributed by atoms with Gasteiger partial charge in [0.2, 0.25) is 0 Å². The van der Waals surface area contributed by atoms with Crippen LogP contribution in [0.1, 0.15) is 18.1 Å². The van der Waals surface area contributed by atoms with Gasteiger partial charge in [0.25, 0.3) is 0 Å². The highest BCUT2D eigenvalue weighted by atomic mass is 28.4. The number of hydrogen-bond acceptors (Lipinski definition) is 1. The molecule has 0 atom stereocenters. The summed E-state index contributed by atoms with van der Waals surface area (Å²) in [5, 5.41) is 1.36. The molecular weight excluding hydrogens is 238 g/mol. The third-order valence-corrected chi connectivity index (χ3v) is 4.24. The fourth-order valence-corrected chi connectivity index (χ4v) is 2.96. The summed E-state index contributed by atoms with van der Waals surface area (Å²) in [5.74, 6) is 0. The molecule has 0 saturated heterocycles. The maximum absolute atomic E-state index is 5.93. The van der Waals surface area contributed by atoms with E-state index in [1.807, 2.05) is 0 Å². The Balaban J connectivity index is 2.15. The van der Waals surface area contributed by atoms with Crippen molar-refractivity contribution in [3.8, 4) is 0 Å². The summed E-state index contributed by atoms with van der Waals surface area (Å²) in [6, 6.07) is 6.55. The van der Waals surface area contributed by atoms with Crippen molar-refractivity contribution in [2.24, 2.45) is 0 Å². The Morgan fingerprint density at radius 3 is 2.61 bits per heavy atom. The fourth-order valence-electron chi connectivity index (χ4n) is 2.24. The van der Waals surface area contributed by atoms with E-state index in [1.54, 1.807) is 0 Å². The summed E-state index contributed by atoms with van der Waals surface area (Å²) in [7, 11) is -1.39. The molecule has 98 valence electrons. The molecule has 2 aromatic rings. The number of nitrogens with one attached hydrogen (secondary N) is 1. The zero-order chi connectivity index (χ0) is 13.2. The minimum absolute atomic E-state index is 0.832. The zero-order valence-electron chi connectivity index (χ0n) is 11.8. The number of aryl methyl sites for hydroxylation is 1. The number of para-hydroxylation sites is 1. The van der Waals surface area contributed by atoms with Crippen LogP contribution >= 0.6 is 0 Å². The van der Waals surface area contributed by atoms with Crippen LogP contribution in [0.15, 0.2) is 24.4 Å². The standard InChI is InChI=1S/C15H23NOSi/c1-5-12-7-6-8-14-13(11-16-15(12)14)9-10-17-18(2,3)4/h6-8,11,16H,5,9-10H2,1-4H3. The van der Waals surface area contributed by atoms with Gasteiger partial charge in [0, 0.05) is 23.7 Å². The lowest BCUT2D eigenvalue weighted by molar-refractivity contribution is 0.316. The highest BCUT2D eigenvalue weighted by Crippen LogP contribution is 2.22. The Bertz CT molecular complexity index is 525. The summed E-state index contributed by atoms with van der Waals surface area (Å²) >= 11 is 0. The normalized spacial score (nSPS) is 12.2. The summed E-state index contributed by atoms with van der Waals surface area (Å²) in [5.41, 5.74) is 4.06. The van der Waals surface area contributed by atoms with Crippen molar-refractivity contribution in [1.29, 1.82) is 0 Å². The summed E-state index contributed by atoms with van der Waals surface area (Å²) in [4.78, 5) is 3.41. The van der Waals surface area contributed by atoms with Gasteiger partial charge in [-0.25, -0.2) is 0 Å². The molecule has 0 saturated carbocycles. The lowest BCUT2D eigenvalue weighted by Gasteiger charge is -2.16. The third-order valence-electron chi connectivity index (χ3n) is 3.17. The highest BCUT2D eigenvalue weighted by Gasteiger charge is 2.14. The molecular formula is C15H23NOSi. The van der Waals surface area contributed by atoms with Crippen LogP contribution in [0.2, 0.25) is 19.6 Å². The molecule has 0 unspecified atom stereocenters. The fraction of sp³-hybridized carbons (Fsp3) is 0.467. The maximum Gasteiger partial charge on any atom is 0.183 e. The van der Waals surface area contributed by atoms with E-state index >= 15 is 0 Å². The second-order valence-corrected chi connectivity index (χ2v) is 10.2. The van der Waals surface area contributed by atoms with E-state index in [0.29, 0.717) is 0 Å². The predicted molar refractivity (Wildman–Crippen MR) is 80.7 cm³/mol. The number of fused-ring (bicyclic) bond motifs is 1. The lowest BCUT2D eigenvalue weighted by Crippen LogP contribution is -2.26. The molecule has 0 radical (unpaired) electrons. The number of rotatable bonds is 5. The van der Waals surface area contributed by atoms with Crippen LogP contribution in [0, 0.1) is 0 Å². The van der Waals surface area contributed by atoms with Gasteiger partial charge in [-0.3, -0.25) is 0 Å². The van der Waals surface area contributed by atoms with Crippen molar-refractivity contribution in [3.05, 3.63) is 35.5 Å². The molecule has 0 aliphatic carbocycles. The van der Waals surface area contributed by atoms with E-state index in [9.17, 15) is 0 Å². The van der Waals surface area contributed by atoms with Crippen molar-refractivity contribution >= 4 is 19.2 Å². The van der Waals surface area contributed by atoms with Crippen LogP contribution in [-0.4, -0.2) is 19.9 Å². The van der Waals surface area contributed by atoms with Crippen LogP contribution < -0.4 is 0 Å². The first-order valence-electron chi connectivity index (χ1n) is 6.73. The third kappa shape index (κ3) is 3.03. The molecule has 1 aromatic carbocycles. The summed E-state index contributed by atoms with van der Waals surface area (Å²) < 4.78 is 5.93. The summed E-state index contributed by atoms with van der Waals surface area (Å²) in [6.45, 7) is 9.73. The van der Waals surface area contributed by atoms with Crippen molar-refractivity contribution in [3.63, 3.8) is 0 Å². The van der Waals surface area contributed by atoms with Crippen molar-refractivity contribution in [1.82, 2.24) is 4.98 Å². The van der Waals surface area contributed by atoms with Crippen molar-refractivity contribution in [2.45, 2.75) is 39.4 Å². The van der Waals surface area contributed by atoms with Crippen LogP contribution in [-0.2, 0) is 17.3 Å². The number of H-pyrrole nitrogens is 1. The molecule has 1 N–H and O–H groups in total. The van der Waals surface area contributed by atoms with E-state index in [2.05, 4.69) is 55.9 Å². The molecule has 1 aromatic heterocycles. The molecule has 0 amide bonds. The van der Waals surface area contributed by atoms with Gasteiger partial charge in [0.15, 0.2) is 8.32 Å². The zero-order valence-corrected chi connectivity index (χ0v) is 12.8. The minimum atomic E-state index is -1.39. The number of hydrogen-bond donors (Lipinski definition) is 1. The molecule has 1 heterocycles. The van der Waals surface area contributed by atoms with Gasteiger partial charge in [-0.15, -0.1) is 0 Å². The molecule has 3 heteroatoms. The molecule has 2 rings (SSSR count). The second kappa shape index (κ2) is 5.29. The molecule has 0 bridgehead atoms. The van der Waals surface area contributed by atoms with Crippen LogP contribution in [0.25, 0.3) is 10.9 Å². The molecule has 0 aliphatic rings. The first kappa shape index (κ1) is 13.4. The smallest absolute Gasteiger partial charge is 0.183 e. The topological polar surface area (TPSA) is 25.0 Å². The van der Waals surface area contributed by atoms with Crippen LogP contribution in [0.4, 0.5) is 0 Å². The van der Waals surface area contributed by atoms with Gasteiger partial charge in [-0.2, -0.15) is 0 Å². The first-order chi connectivity index (χ1) is 8.51. The highest BCUT2D eigenvalue weighted by molar-refractivity contribution is 6.69. The average molecular weight is 261 g/mol. The van der Waals surface area contributed by atoms with Crippen LogP contribution in [0.3, 0.4) is 0 Å². The van der Waals surface area contributed by atoms with Crippen molar-refractivity contribution in [2.75, 3.05) is 6.61 Å². The quantitative estimate of drug-likeness (QED) is 0.805. The van der Waals surface area contributed by atoms with Gasteiger partial charge in [0.05, 0.1) is 0 Å². The number of aromatic nitrogens is 1. The Labute approximate surface area is 110 Å². The van der Waals surface area contributed by atoms with Gasteiger partial charge >= 0.3 is 0 Å². The first-order valence-corrected chi connectivity index (χ1v) is 10.1. The average Bonchev–Trinajstić information content (AvgIpc) is 2.71. The molecule has 0 spiro atoms. The van der Waals surface area contributed by atoms with Gasteiger partial charge in [-0.05, 0) is 43.6 Å². The van der Waals surface area contributed by atoms with Gasteiger partial charge < -0.3 is 9.41 Å². The van der Waals surface area contributed by atoms with E-state index in [0.717, 1.165) is 19.4 Å². The largest absolute Gasteiger partial charge is 0.417 e. The number of benzene rings is 1. The SMILES string of the molecule is CCc1cccc2c(CCO[Si](C)(C)C)c[nH]c12. The molecule has 0 fully saturated rings. The second-order valence-electron chi connectivity index (χ2n) is 5.72. The Kier molecular flexibility index (Phi) is 3.93. The Morgan fingerprint density at radius 1 is 1.17 bits per heavy atom. The monoisotopic (exact) mass is 261 g/mol. The van der Waals surface area contributed by atoms with Crippen molar-refractivity contribution < 1.29 is 4.43 Å². The predicted octanol–water partition coefficient (Wildman–Crippen LogP) is 4.12.